The number of carbonyl (C=O) groups is 1. The lowest BCUT2D eigenvalue weighted by molar-refractivity contribution is 0.112. The molecule has 0 spiro atoms. The number of hydrogen-bond donors (Lipinski definition) is 0. The van der Waals surface area contributed by atoms with Gasteiger partial charge >= 0.3 is 0 Å². The Morgan fingerprint density at radius 3 is 2.75 bits per heavy atom. The average molecular weight is 232 g/mol. The zero-order valence-electron chi connectivity index (χ0n) is 8.77. The molecule has 0 saturated carbocycles. The van der Waals surface area contributed by atoms with Crippen LogP contribution in [0, 0.1) is 6.92 Å². The third kappa shape index (κ3) is 2.12. The molecule has 0 N–H and O–H groups in total. The van der Waals surface area contributed by atoms with Crippen LogP contribution in [0.2, 0.25) is 5.02 Å². The molecule has 2 rings (SSSR count). The lowest BCUT2D eigenvalue weighted by Gasteiger charge is -2.06. The van der Waals surface area contributed by atoms with E-state index in [2.05, 4.69) is 4.98 Å². The molecule has 80 valence electrons. The van der Waals surface area contributed by atoms with Gasteiger partial charge in [0.1, 0.15) is 0 Å². The van der Waals surface area contributed by atoms with E-state index in [4.69, 9.17) is 11.6 Å². The van der Waals surface area contributed by atoms with Crippen LogP contribution in [0.1, 0.15) is 15.9 Å². The Kier molecular flexibility index (Phi) is 3.02. The van der Waals surface area contributed by atoms with Gasteiger partial charge in [-0.15, -0.1) is 0 Å². The second kappa shape index (κ2) is 4.45. The molecule has 2 nitrogen and oxygen atoms in total. The van der Waals surface area contributed by atoms with Crippen molar-refractivity contribution in [1.82, 2.24) is 4.98 Å². The molecular weight excluding hydrogens is 222 g/mol. The smallest absolute Gasteiger partial charge is 0.151 e. The molecule has 16 heavy (non-hydrogen) atoms. The summed E-state index contributed by atoms with van der Waals surface area (Å²) in [6.07, 6.45) is 4.08. The number of hydrogen-bond acceptors (Lipinski definition) is 2. The molecule has 0 fully saturated rings. The molecule has 0 atom stereocenters. The van der Waals surface area contributed by atoms with Crippen LogP contribution in [0.3, 0.4) is 0 Å². The molecule has 0 saturated heterocycles. The molecule has 0 unspecified atom stereocenters. The molecule has 0 bridgehead atoms. The maximum Gasteiger partial charge on any atom is 0.151 e. The number of aromatic nitrogens is 1. The van der Waals surface area contributed by atoms with E-state index < -0.39 is 0 Å². The second-order valence-corrected chi connectivity index (χ2v) is 4.02. The van der Waals surface area contributed by atoms with Crippen LogP contribution in [-0.4, -0.2) is 11.3 Å². The van der Waals surface area contributed by atoms with Gasteiger partial charge in [-0.05, 0) is 36.2 Å². The maximum absolute atomic E-state index is 10.7. The Bertz CT molecular complexity index is 537. The van der Waals surface area contributed by atoms with E-state index in [-0.39, 0.29) is 0 Å². The molecule has 0 aliphatic carbocycles. The van der Waals surface area contributed by atoms with Crippen molar-refractivity contribution in [3.8, 4) is 11.1 Å². The van der Waals surface area contributed by atoms with E-state index >= 15 is 0 Å². The first-order valence-electron chi connectivity index (χ1n) is 4.87. The number of rotatable bonds is 2. The molecule has 3 heteroatoms. The van der Waals surface area contributed by atoms with Gasteiger partial charge in [0.15, 0.2) is 6.29 Å². The molecule has 1 heterocycles. The van der Waals surface area contributed by atoms with Gasteiger partial charge in [0.25, 0.3) is 0 Å². The highest BCUT2D eigenvalue weighted by Crippen LogP contribution is 2.25. The predicted molar refractivity (Wildman–Crippen MR) is 64.8 cm³/mol. The number of pyridine rings is 1. The van der Waals surface area contributed by atoms with Crippen molar-refractivity contribution in [3.05, 3.63) is 52.8 Å². The van der Waals surface area contributed by atoms with E-state index in [9.17, 15) is 4.79 Å². The zero-order valence-corrected chi connectivity index (χ0v) is 9.53. The fourth-order valence-electron chi connectivity index (χ4n) is 1.62. The summed E-state index contributed by atoms with van der Waals surface area (Å²) >= 11 is 5.89. The highest BCUT2D eigenvalue weighted by atomic mass is 35.5. The van der Waals surface area contributed by atoms with Gasteiger partial charge in [0.05, 0.1) is 0 Å². The minimum absolute atomic E-state index is 0.576. The van der Waals surface area contributed by atoms with Gasteiger partial charge in [-0.1, -0.05) is 17.7 Å². The van der Waals surface area contributed by atoms with E-state index in [1.807, 2.05) is 31.2 Å². The summed E-state index contributed by atoms with van der Waals surface area (Å²) in [7, 11) is 0. The van der Waals surface area contributed by atoms with Crippen molar-refractivity contribution in [1.29, 1.82) is 0 Å². The SMILES string of the molecule is Cc1cc(Cl)ccc1-c1cncc(C=O)c1. The van der Waals surface area contributed by atoms with E-state index in [0.29, 0.717) is 10.6 Å². The number of carbonyl (C=O) groups excluding carboxylic acids is 1. The summed E-state index contributed by atoms with van der Waals surface area (Å²) in [5.74, 6) is 0. The monoisotopic (exact) mass is 231 g/mol. The fourth-order valence-corrected chi connectivity index (χ4v) is 1.85. The average Bonchev–Trinajstić information content (AvgIpc) is 2.29. The molecule has 1 aromatic heterocycles. The summed E-state index contributed by atoms with van der Waals surface area (Å²) in [6.45, 7) is 1.98. The number of benzene rings is 1. The molecule has 0 aliphatic heterocycles. The summed E-state index contributed by atoms with van der Waals surface area (Å²) in [5.41, 5.74) is 3.61. The van der Waals surface area contributed by atoms with E-state index in [1.54, 1.807) is 12.4 Å². The number of halogens is 1. The summed E-state index contributed by atoms with van der Waals surface area (Å²) in [5, 5.41) is 0.709. The van der Waals surface area contributed by atoms with Crippen molar-refractivity contribution in [2.24, 2.45) is 0 Å². The maximum atomic E-state index is 10.7. The van der Waals surface area contributed by atoms with Crippen molar-refractivity contribution in [2.75, 3.05) is 0 Å². The van der Waals surface area contributed by atoms with Crippen molar-refractivity contribution in [3.63, 3.8) is 0 Å². The van der Waals surface area contributed by atoms with Crippen LogP contribution < -0.4 is 0 Å². The molecule has 1 aromatic carbocycles. The third-order valence-electron chi connectivity index (χ3n) is 2.39. The number of nitrogens with zero attached hydrogens (tertiary/aromatic N) is 1. The number of aryl methyl sites for hydroxylation is 1. The van der Waals surface area contributed by atoms with E-state index in [0.717, 1.165) is 23.0 Å². The van der Waals surface area contributed by atoms with Crippen molar-refractivity contribution in [2.45, 2.75) is 6.92 Å². The summed E-state index contributed by atoms with van der Waals surface area (Å²) < 4.78 is 0. The van der Waals surface area contributed by atoms with Gasteiger partial charge in [-0.3, -0.25) is 9.78 Å². The van der Waals surface area contributed by atoms with Crippen LogP contribution in [-0.2, 0) is 0 Å². The van der Waals surface area contributed by atoms with Crippen LogP contribution in [0.4, 0.5) is 0 Å². The van der Waals surface area contributed by atoms with Gasteiger partial charge in [0, 0.05) is 28.5 Å². The predicted octanol–water partition coefficient (Wildman–Crippen LogP) is 3.52. The quantitative estimate of drug-likeness (QED) is 0.741. The minimum Gasteiger partial charge on any atom is -0.298 e. The Morgan fingerprint density at radius 1 is 1.25 bits per heavy atom. The first kappa shape index (κ1) is 10.8. The van der Waals surface area contributed by atoms with Gasteiger partial charge < -0.3 is 0 Å². The first-order chi connectivity index (χ1) is 7.70. The zero-order chi connectivity index (χ0) is 11.5. The largest absolute Gasteiger partial charge is 0.298 e. The Balaban J connectivity index is 2.53. The second-order valence-electron chi connectivity index (χ2n) is 3.58. The van der Waals surface area contributed by atoms with Crippen LogP contribution in [0.5, 0.6) is 0 Å². The molecule has 0 radical (unpaired) electrons. The molecule has 2 aromatic rings. The van der Waals surface area contributed by atoms with Gasteiger partial charge in [-0.2, -0.15) is 0 Å². The highest BCUT2D eigenvalue weighted by molar-refractivity contribution is 6.30. The Hall–Kier alpha value is -1.67. The topological polar surface area (TPSA) is 30.0 Å². The Labute approximate surface area is 98.9 Å². The van der Waals surface area contributed by atoms with Crippen LogP contribution in [0.25, 0.3) is 11.1 Å². The normalized spacial score (nSPS) is 10.1. The van der Waals surface area contributed by atoms with Gasteiger partial charge in [-0.25, -0.2) is 0 Å². The third-order valence-corrected chi connectivity index (χ3v) is 2.63. The fraction of sp³-hybridized carbons (Fsp3) is 0.0769. The number of aldehydes is 1. The van der Waals surface area contributed by atoms with Gasteiger partial charge in [0.2, 0.25) is 0 Å². The van der Waals surface area contributed by atoms with Crippen LogP contribution in [0.15, 0.2) is 36.7 Å². The molecular formula is C13H10ClNO. The minimum atomic E-state index is 0.576. The standard InChI is InChI=1S/C13H10ClNO/c1-9-4-12(14)2-3-13(9)11-5-10(8-16)6-15-7-11/h2-8H,1H3. The summed E-state index contributed by atoms with van der Waals surface area (Å²) in [4.78, 5) is 14.7. The molecule has 0 amide bonds. The first-order valence-corrected chi connectivity index (χ1v) is 5.25. The van der Waals surface area contributed by atoms with Crippen molar-refractivity contribution < 1.29 is 4.79 Å². The lowest BCUT2D eigenvalue weighted by atomic mass is 10.0. The van der Waals surface area contributed by atoms with E-state index in [1.165, 1.54) is 0 Å². The summed E-state index contributed by atoms with van der Waals surface area (Å²) in [6, 6.07) is 7.47. The highest BCUT2D eigenvalue weighted by Gasteiger charge is 2.03. The Morgan fingerprint density at radius 2 is 2.06 bits per heavy atom. The van der Waals surface area contributed by atoms with Crippen LogP contribution >= 0.6 is 11.6 Å². The lowest BCUT2D eigenvalue weighted by Crippen LogP contribution is -1.88. The molecule has 0 aliphatic rings. The van der Waals surface area contributed by atoms with Crippen molar-refractivity contribution >= 4 is 17.9 Å².